The molecule has 1 saturated heterocycles. The fourth-order valence-electron chi connectivity index (χ4n) is 2.34. The molecule has 0 spiro atoms. The maximum absolute atomic E-state index is 6.00. The number of nitrogens with zero attached hydrogens (tertiary/aromatic N) is 2. The molecule has 2 fully saturated rings. The van der Waals surface area contributed by atoms with Gasteiger partial charge in [0.25, 0.3) is 0 Å². The SMILES string of the molecule is CCCC1(CN=C(N)N2CCOCC2)CC1. The van der Waals surface area contributed by atoms with Crippen molar-refractivity contribution in [1.29, 1.82) is 0 Å². The van der Waals surface area contributed by atoms with Gasteiger partial charge in [0.05, 0.1) is 13.2 Å². The second-order valence-electron chi connectivity index (χ2n) is 5.02. The minimum atomic E-state index is 0.506. The van der Waals surface area contributed by atoms with Gasteiger partial charge in [0, 0.05) is 19.6 Å². The quantitative estimate of drug-likeness (QED) is 0.578. The summed E-state index contributed by atoms with van der Waals surface area (Å²) in [7, 11) is 0. The summed E-state index contributed by atoms with van der Waals surface area (Å²) in [6.07, 6.45) is 5.22. The Kier molecular flexibility index (Phi) is 3.69. The van der Waals surface area contributed by atoms with Crippen molar-refractivity contribution in [2.45, 2.75) is 32.6 Å². The Labute approximate surface area is 97.9 Å². The third kappa shape index (κ3) is 2.88. The van der Waals surface area contributed by atoms with Gasteiger partial charge in [-0.3, -0.25) is 4.99 Å². The standard InChI is InChI=1S/C12H23N3O/c1-2-3-12(4-5-12)10-14-11(13)15-6-8-16-9-7-15/h2-10H2,1H3,(H2,13,14). The van der Waals surface area contributed by atoms with Gasteiger partial charge in [-0.05, 0) is 24.7 Å². The zero-order chi connectivity index (χ0) is 11.4. The van der Waals surface area contributed by atoms with Crippen molar-refractivity contribution in [2.75, 3.05) is 32.8 Å². The summed E-state index contributed by atoms with van der Waals surface area (Å²) in [5.41, 5.74) is 6.51. The van der Waals surface area contributed by atoms with Crippen LogP contribution < -0.4 is 5.73 Å². The van der Waals surface area contributed by atoms with Gasteiger partial charge >= 0.3 is 0 Å². The predicted molar refractivity (Wildman–Crippen MR) is 65.5 cm³/mol. The summed E-state index contributed by atoms with van der Waals surface area (Å²) in [5, 5.41) is 0. The molecule has 92 valence electrons. The Morgan fingerprint density at radius 1 is 1.38 bits per heavy atom. The Morgan fingerprint density at radius 2 is 2.06 bits per heavy atom. The highest BCUT2D eigenvalue weighted by Crippen LogP contribution is 2.49. The highest BCUT2D eigenvalue weighted by atomic mass is 16.5. The van der Waals surface area contributed by atoms with E-state index >= 15 is 0 Å². The molecule has 4 heteroatoms. The molecule has 16 heavy (non-hydrogen) atoms. The lowest BCUT2D eigenvalue weighted by atomic mass is 10.0. The summed E-state index contributed by atoms with van der Waals surface area (Å²) in [4.78, 5) is 6.70. The van der Waals surface area contributed by atoms with Crippen LogP contribution in [0.25, 0.3) is 0 Å². The minimum absolute atomic E-state index is 0.506. The Balaban J connectivity index is 1.81. The van der Waals surface area contributed by atoms with Crippen molar-refractivity contribution in [1.82, 2.24) is 4.90 Å². The van der Waals surface area contributed by atoms with E-state index in [0.717, 1.165) is 32.8 Å². The van der Waals surface area contributed by atoms with Crippen LogP contribution in [0, 0.1) is 5.41 Å². The highest BCUT2D eigenvalue weighted by molar-refractivity contribution is 5.78. The number of hydrogen-bond acceptors (Lipinski definition) is 2. The van der Waals surface area contributed by atoms with E-state index < -0.39 is 0 Å². The zero-order valence-corrected chi connectivity index (χ0v) is 10.2. The molecule has 0 radical (unpaired) electrons. The monoisotopic (exact) mass is 225 g/mol. The molecule has 0 aromatic heterocycles. The topological polar surface area (TPSA) is 50.8 Å². The van der Waals surface area contributed by atoms with Crippen LogP contribution in [-0.4, -0.2) is 43.7 Å². The normalized spacial score (nSPS) is 24.6. The van der Waals surface area contributed by atoms with E-state index in [1.807, 2.05) is 0 Å². The lowest BCUT2D eigenvalue weighted by molar-refractivity contribution is 0.0673. The maximum atomic E-state index is 6.00. The van der Waals surface area contributed by atoms with Crippen LogP contribution >= 0.6 is 0 Å². The van der Waals surface area contributed by atoms with Crippen LogP contribution in [0.2, 0.25) is 0 Å². The van der Waals surface area contributed by atoms with E-state index in [1.54, 1.807) is 0 Å². The summed E-state index contributed by atoms with van der Waals surface area (Å²) >= 11 is 0. The number of aliphatic imine (C=N–C) groups is 1. The molecule has 2 rings (SSSR count). The van der Waals surface area contributed by atoms with Gasteiger partial charge in [0.2, 0.25) is 0 Å². The molecule has 0 amide bonds. The molecule has 1 saturated carbocycles. The lowest BCUT2D eigenvalue weighted by Crippen LogP contribution is -2.45. The van der Waals surface area contributed by atoms with Crippen LogP contribution in [0.3, 0.4) is 0 Å². The fourth-order valence-corrected chi connectivity index (χ4v) is 2.34. The highest BCUT2D eigenvalue weighted by Gasteiger charge is 2.41. The Hall–Kier alpha value is -0.770. The number of guanidine groups is 1. The smallest absolute Gasteiger partial charge is 0.191 e. The third-order valence-corrected chi connectivity index (χ3v) is 3.65. The predicted octanol–water partition coefficient (Wildman–Crippen LogP) is 1.21. The number of nitrogens with two attached hydrogens (primary N) is 1. The second kappa shape index (κ2) is 5.04. The van der Waals surface area contributed by atoms with Crippen molar-refractivity contribution < 1.29 is 4.74 Å². The molecule has 1 aliphatic heterocycles. The Morgan fingerprint density at radius 3 is 2.62 bits per heavy atom. The van der Waals surface area contributed by atoms with Crippen LogP contribution in [0.5, 0.6) is 0 Å². The van der Waals surface area contributed by atoms with Crippen molar-refractivity contribution in [3.63, 3.8) is 0 Å². The van der Waals surface area contributed by atoms with Crippen molar-refractivity contribution in [2.24, 2.45) is 16.1 Å². The van der Waals surface area contributed by atoms with E-state index in [2.05, 4.69) is 16.8 Å². The van der Waals surface area contributed by atoms with Crippen molar-refractivity contribution >= 4 is 5.96 Å². The zero-order valence-electron chi connectivity index (χ0n) is 10.2. The third-order valence-electron chi connectivity index (χ3n) is 3.65. The fraction of sp³-hybridized carbons (Fsp3) is 0.917. The Bertz CT molecular complexity index is 255. The number of hydrogen-bond donors (Lipinski definition) is 1. The summed E-state index contributed by atoms with van der Waals surface area (Å²) < 4.78 is 5.29. The molecular weight excluding hydrogens is 202 g/mol. The van der Waals surface area contributed by atoms with Crippen molar-refractivity contribution in [3.8, 4) is 0 Å². The summed E-state index contributed by atoms with van der Waals surface area (Å²) in [5.74, 6) is 0.714. The molecule has 1 heterocycles. The van der Waals surface area contributed by atoms with E-state index in [-0.39, 0.29) is 0 Å². The number of ether oxygens (including phenoxy) is 1. The molecule has 0 unspecified atom stereocenters. The van der Waals surface area contributed by atoms with E-state index in [4.69, 9.17) is 10.5 Å². The summed E-state index contributed by atoms with van der Waals surface area (Å²) in [6.45, 7) is 6.48. The van der Waals surface area contributed by atoms with Gasteiger partial charge in [-0.1, -0.05) is 13.3 Å². The molecule has 0 bridgehead atoms. The second-order valence-corrected chi connectivity index (χ2v) is 5.02. The summed E-state index contributed by atoms with van der Waals surface area (Å²) in [6, 6.07) is 0. The average molecular weight is 225 g/mol. The molecule has 4 nitrogen and oxygen atoms in total. The largest absolute Gasteiger partial charge is 0.378 e. The minimum Gasteiger partial charge on any atom is -0.378 e. The van der Waals surface area contributed by atoms with Gasteiger partial charge in [-0.25, -0.2) is 0 Å². The number of rotatable bonds is 4. The first kappa shape index (κ1) is 11.7. The molecule has 0 atom stereocenters. The van der Waals surface area contributed by atoms with E-state index in [0.29, 0.717) is 11.4 Å². The molecule has 0 aromatic rings. The van der Waals surface area contributed by atoms with Crippen LogP contribution in [-0.2, 0) is 4.74 Å². The van der Waals surface area contributed by atoms with Crippen LogP contribution in [0.4, 0.5) is 0 Å². The van der Waals surface area contributed by atoms with Gasteiger partial charge < -0.3 is 15.4 Å². The van der Waals surface area contributed by atoms with Gasteiger partial charge in [0.1, 0.15) is 0 Å². The van der Waals surface area contributed by atoms with E-state index in [1.165, 1.54) is 25.7 Å². The molecular formula is C12H23N3O. The van der Waals surface area contributed by atoms with Gasteiger partial charge in [0.15, 0.2) is 5.96 Å². The first-order valence-electron chi connectivity index (χ1n) is 6.38. The molecule has 0 aromatic carbocycles. The maximum Gasteiger partial charge on any atom is 0.191 e. The van der Waals surface area contributed by atoms with Crippen LogP contribution in [0.1, 0.15) is 32.6 Å². The molecule has 2 aliphatic rings. The molecule has 2 N–H and O–H groups in total. The van der Waals surface area contributed by atoms with Crippen molar-refractivity contribution in [3.05, 3.63) is 0 Å². The number of morpholine rings is 1. The first-order chi connectivity index (χ1) is 7.76. The van der Waals surface area contributed by atoms with E-state index in [9.17, 15) is 0 Å². The molecule has 1 aliphatic carbocycles. The van der Waals surface area contributed by atoms with Crippen LogP contribution in [0.15, 0.2) is 4.99 Å². The van der Waals surface area contributed by atoms with Gasteiger partial charge in [-0.15, -0.1) is 0 Å². The lowest BCUT2D eigenvalue weighted by Gasteiger charge is -2.28. The average Bonchev–Trinajstić information content (AvgIpc) is 3.08. The first-order valence-corrected chi connectivity index (χ1v) is 6.38. The van der Waals surface area contributed by atoms with Gasteiger partial charge in [-0.2, -0.15) is 0 Å².